The van der Waals surface area contributed by atoms with Crippen LogP contribution in [0.4, 0.5) is 19.0 Å². The number of nitrogens with one attached hydrogen (secondary N) is 2. The average molecular weight is 273 g/mol. The fraction of sp³-hybridized carbons (Fsp3) is 0.455. The number of hydrogen-bond acceptors (Lipinski definition) is 4. The van der Waals surface area contributed by atoms with E-state index in [9.17, 15) is 13.2 Å². The minimum Gasteiger partial charge on any atom is -0.367 e. The Labute approximate surface area is 107 Å². The maximum Gasteiger partial charge on any atom is 0.435 e. The molecule has 19 heavy (non-hydrogen) atoms. The predicted octanol–water partition coefficient (Wildman–Crippen LogP) is 1.77. The van der Waals surface area contributed by atoms with Crippen LogP contribution < -0.4 is 10.6 Å². The van der Waals surface area contributed by atoms with E-state index in [-0.39, 0.29) is 0 Å². The van der Waals surface area contributed by atoms with Gasteiger partial charge in [-0.05, 0) is 6.54 Å². The molecule has 0 spiro atoms. The van der Waals surface area contributed by atoms with Gasteiger partial charge in [0.15, 0.2) is 11.5 Å². The fourth-order valence-corrected chi connectivity index (χ4v) is 1.64. The highest BCUT2D eigenvalue weighted by molar-refractivity contribution is 5.67. The SMILES string of the molecule is CCNCCNc1nccn2nc(C(F)(F)F)cc12. The van der Waals surface area contributed by atoms with Crippen LogP contribution in [0.25, 0.3) is 5.52 Å². The molecule has 0 radical (unpaired) electrons. The van der Waals surface area contributed by atoms with E-state index in [0.717, 1.165) is 12.6 Å². The van der Waals surface area contributed by atoms with E-state index in [1.54, 1.807) is 0 Å². The van der Waals surface area contributed by atoms with Crippen LogP contribution >= 0.6 is 0 Å². The van der Waals surface area contributed by atoms with Gasteiger partial charge in [-0.2, -0.15) is 18.3 Å². The first-order valence-corrected chi connectivity index (χ1v) is 5.88. The van der Waals surface area contributed by atoms with Crippen molar-refractivity contribution in [1.29, 1.82) is 0 Å². The maximum absolute atomic E-state index is 12.6. The van der Waals surface area contributed by atoms with Gasteiger partial charge in [-0.1, -0.05) is 6.92 Å². The van der Waals surface area contributed by atoms with Crippen molar-refractivity contribution in [2.45, 2.75) is 13.1 Å². The summed E-state index contributed by atoms with van der Waals surface area (Å²) in [5.74, 6) is 0.392. The monoisotopic (exact) mass is 273 g/mol. The molecule has 2 rings (SSSR count). The molecular formula is C11H14F3N5. The Balaban J connectivity index is 2.22. The summed E-state index contributed by atoms with van der Waals surface area (Å²) < 4.78 is 38.9. The summed E-state index contributed by atoms with van der Waals surface area (Å²) in [7, 11) is 0. The molecule has 2 heterocycles. The third-order valence-corrected chi connectivity index (χ3v) is 2.52. The van der Waals surface area contributed by atoms with Crippen molar-refractivity contribution in [3.8, 4) is 0 Å². The number of alkyl halides is 3. The second-order valence-corrected chi connectivity index (χ2v) is 3.91. The van der Waals surface area contributed by atoms with Crippen molar-refractivity contribution in [2.75, 3.05) is 25.0 Å². The molecule has 0 fully saturated rings. The van der Waals surface area contributed by atoms with Crippen molar-refractivity contribution in [1.82, 2.24) is 19.9 Å². The lowest BCUT2D eigenvalue weighted by molar-refractivity contribution is -0.141. The number of aromatic nitrogens is 3. The average Bonchev–Trinajstić information content (AvgIpc) is 2.79. The summed E-state index contributed by atoms with van der Waals surface area (Å²) in [6.45, 7) is 4.10. The smallest absolute Gasteiger partial charge is 0.367 e. The topological polar surface area (TPSA) is 54.2 Å². The standard InChI is InChI=1S/C11H14F3N5/c1-2-15-3-4-16-10-8-7-9(11(12,13)14)18-19(8)6-5-17-10/h5-7,15H,2-4H2,1H3,(H,16,17). The molecule has 0 amide bonds. The Morgan fingerprint density at radius 1 is 1.32 bits per heavy atom. The fourth-order valence-electron chi connectivity index (χ4n) is 1.64. The third kappa shape index (κ3) is 3.14. The Morgan fingerprint density at radius 2 is 2.11 bits per heavy atom. The first kappa shape index (κ1) is 13.6. The van der Waals surface area contributed by atoms with E-state index in [2.05, 4.69) is 20.7 Å². The maximum atomic E-state index is 12.6. The van der Waals surface area contributed by atoms with Crippen LogP contribution in [-0.4, -0.2) is 34.2 Å². The van der Waals surface area contributed by atoms with Gasteiger partial charge in [0.2, 0.25) is 0 Å². The summed E-state index contributed by atoms with van der Waals surface area (Å²) in [6, 6.07) is 0.989. The van der Waals surface area contributed by atoms with Crippen molar-refractivity contribution in [3.63, 3.8) is 0 Å². The molecule has 5 nitrogen and oxygen atoms in total. The van der Waals surface area contributed by atoms with E-state index in [1.165, 1.54) is 16.9 Å². The summed E-state index contributed by atoms with van der Waals surface area (Å²) >= 11 is 0. The number of anilines is 1. The van der Waals surface area contributed by atoms with Gasteiger partial charge in [0.05, 0.1) is 0 Å². The largest absolute Gasteiger partial charge is 0.435 e. The Morgan fingerprint density at radius 3 is 2.79 bits per heavy atom. The molecule has 0 atom stereocenters. The van der Waals surface area contributed by atoms with Crippen LogP contribution in [0.1, 0.15) is 12.6 Å². The van der Waals surface area contributed by atoms with Crippen molar-refractivity contribution in [2.24, 2.45) is 0 Å². The van der Waals surface area contributed by atoms with Gasteiger partial charge in [-0.25, -0.2) is 9.50 Å². The number of hydrogen-bond donors (Lipinski definition) is 2. The van der Waals surface area contributed by atoms with Crippen molar-refractivity contribution >= 4 is 11.3 Å². The van der Waals surface area contributed by atoms with Crippen molar-refractivity contribution in [3.05, 3.63) is 24.2 Å². The predicted molar refractivity (Wildman–Crippen MR) is 65.0 cm³/mol. The highest BCUT2D eigenvalue weighted by atomic mass is 19.4. The quantitative estimate of drug-likeness (QED) is 0.815. The first-order chi connectivity index (χ1) is 9.02. The molecule has 0 aromatic carbocycles. The van der Waals surface area contributed by atoms with Gasteiger partial charge in [0, 0.05) is 31.5 Å². The molecule has 8 heteroatoms. The molecule has 0 saturated carbocycles. The number of halogens is 3. The van der Waals surface area contributed by atoms with E-state index in [0.29, 0.717) is 24.4 Å². The lowest BCUT2D eigenvalue weighted by Gasteiger charge is -2.06. The number of fused-ring (bicyclic) bond motifs is 1. The molecule has 0 unspecified atom stereocenters. The molecule has 0 aliphatic rings. The second kappa shape index (κ2) is 5.43. The summed E-state index contributed by atoms with van der Waals surface area (Å²) in [4.78, 5) is 4.03. The van der Waals surface area contributed by atoms with Crippen LogP contribution in [-0.2, 0) is 6.18 Å². The first-order valence-electron chi connectivity index (χ1n) is 5.88. The Bertz CT molecular complexity index is 549. The van der Waals surface area contributed by atoms with E-state index in [1.807, 2.05) is 6.92 Å². The van der Waals surface area contributed by atoms with Crippen LogP contribution in [0.5, 0.6) is 0 Å². The zero-order valence-electron chi connectivity index (χ0n) is 10.3. The molecular weight excluding hydrogens is 259 g/mol. The van der Waals surface area contributed by atoms with E-state index < -0.39 is 11.9 Å². The minimum absolute atomic E-state index is 0.311. The molecule has 0 aliphatic heterocycles. The molecule has 0 aliphatic carbocycles. The lowest BCUT2D eigenvalue weighted by atomic mass is 10.3. The number of rotatable bonds is 5. The van der Waals surface area contributed by atoms with Gasteiger partial charge < -0.3 is 10.6 Å². The van der Waals surface area contributed by atoms with Gasteiger partial charge in [0.25, 0.3) is 0 Å². The van der Waals surface area contributed by atoms with Gasteiger partial charge in [-0.15, -0.1) is 0 Å². The zero-order chi connectivity index (χ0) is 13.9. The molecule has 0 saturated heterocycles. The molecule has 104 valence electrons. The minimum atomic E-state index is -4.45. The Hall–Kier alpha value is -1.83. The highest BCUT2D eigenvalue weighted by Crippen LogP contribution is 2.29. The van der Waals surface area contributed by atoms with E-state index >= 15 is 0 Å². The van der Waals surface area contributed by atoms with Gasteiger partial charge in [0.1, 0.15) is 5.52 Å². The second-order valence-electron chi connectivity index (χ2n) is 3.91. The molecule has 2 aromatic heterocycles. The molecule has 0 bridgehead atoms. The summed E-state index contributed by atoms with van der Waals surface area (Å²) in [6.07, 6.45) is -1.65. The summed E-state index contributed by atoms with van der Waals surface area (Å²) in [5.41, 5.74) is -0.610. The van der Waals surface area contributed by atoms with Gasteiger partial charge in [-0.3, -0.25) is 0 Å². The zero-order valence-corrected chi connectivity index (χ0v) is 10.3. The van der Waals surface area contributed by atoms with Crippen LogP contribution in [0.15, 0.2) is 18.5 Å². The number of nitrogens with zero attached hydrogens (tertiary/aromatic N) is 3. The van der Waals surface area contributed by atoms with E-state index in [4.69, 9.17) is 0 Å². The van der Waals surface area contributed by atoms with Gasteiger partial charge >= 0.3 is 6.18 Å². The van der Waals surface area contributed by atoms with Crippen molar-refractivity contribution < 1.29 is 13.2 Å². The Kier molecular flexibility index (Phi) is 3.89. The highest BCUT2D eigenvalue weighted by Gasteiger charge is 2.34. The van der Waals surface area contributed by atoms with Crippen LogP contribution in [0.3, 0.4) is 0 Å². The summed E-state index contributed by atoms with van der Waals surface area (Å²) in [5, 5.41) is 9.57. The normalized spacial score (nSPS) is 12.0. The lowest BCUT2D eigenvalue weighted by Crippen LogP contribution is -2.22. The van der Waals surface area contributed by atoms with Crippen LogP contribution in [0.2, 0.25) is 0 Å². The number of likely N-dealkylation sites (N-methyl/N-ethyl adjacent to an activating group) is 1. The molecule has 2 aromatic rings. The third-order valence-electron chi connectivity index (χ3n) is 2.52. The van der Waals surface area contributed by atoms with Crippen LogP contribution in [0, 0.1) is 0 Å². The molecule has 2 N–H and O–H groups in total.